The molecule has 1 aromatic carbocycles. The lowest BCUT2D eigenvalue weighted by Crippen LogP contribution is -2.28. The van der Waals surface area contributed by atoms with Gasteiger partial charge in [-0.15, -0.1) is 0 Å². The predicted octanol–water partition coefficient (Wildman–Crippen LogP) is 3.35. The molecule has 1 heterocycles. The van der Waals surface area contributed by atoms with Gasteiger partial charge in [-0.1, -0.05) is 24.3 Å². The molecule has 0 aliphatic carbocycles. The number of halogens is 2. The second kappa shape index (κ2) is 5.13. The molecule has 1 aliphatic heterocycles. The molecular formula is C14H19F2N. The molecule has 0 bridgehead atoms. The number of alkyl halides is 2. The number of rotatable bonds is 3. The summed E-state index contributed by atoms with van der Waals surface area (Å²) < 4.78 is 25.9. The smallest absolute Gasteiger partial charge is 0.249 e. The number of benzene rings is 1. The molecule has 94 valence electrons. The summed E-state index contributed by atoms with van der Waals surface area (Å²) in [4.78, 5) is 0. The maximum absolute atomic E-state index is 13.0. The van der Waals surface area contributed by atoms with E-state index in [9.17, 15) is 8.78 Å². The molecule has 1 nitrogen and oxygen atoms in total. The van der Waals surface area contributed by atoms with Crippen LogP contribution in [0.5, 0.6) is 0 Å². The average Bonchev–Trinajstić information content (AvgIpc) is 2.28. The van der Waals surface area contributed by atoms with E-state index in [1.165, 1.54) is 12.0 Å². The summed E-state index contributed by atoms with van der Waals surface area (Å²) in [5.74, 6) is -2.14. The van der Waals surface area contributed by atoms with Crippen molar-refractivity contribution in [2.24, 2.45) is 0 Å². The fraction of sp³-hybridized carbons (Fsp3) is 0.571. The molecule has 1 aliphatic rings. The summed E-state index contributed by atoms with van der Waals surface area (Å²) in [6.07, 6.45) is 2.15. The van der Waals surface area contributed by atoms with E-state index in [-0.39, 0.29) is 6.42 Å². The molecule has 0 saturated carbocycles. The Labute approximate surface area is 101 Å². The fourth-order valence-corrected chi connectivity index (χ4v) is 2.45. The zero-order valence-electron chi connectivity index (χ0n) is 10.2. The predicted molar refractivity (Wildman–Crippen MR) is 65.6 cm³/mol. The van der Waals surface area contributed by atoms with Crippen molar-refractivity contribution in [2.45, 2.75) is 38.0 Å². The molecule has 1 fully saturated rings. The quantitative estimate of drug-likeness (QED) is 0.853. The van der Waals surface area contributed by atoms with Crippen LogP contribution < -0.4 is 5.32 Å². The molecule has 1 unspecified atom stereocenters. The molecule has 1 aromatic rings. The summed E-state index contributed by atoms with van der Waals surface area (Å²) >= 11 is 0. The van der Waals surface area contributed by atoms with Gasteiger partial charge >= 0.3 is 0 Å². The van der Waals surface area contributed by atoms with Gasteiger partial charge in [0.1, 0.15) is 0 Å². The van der Waals surface area contributed by atoms with E-state index < -0.39 is 5.92 Å². The maximum atomic E-state index is 13.0. The first-order valence-corrected chi connectivity index (χ1v) is 6.22. The number of hydrogen-bond donors (Lipinski definition) is 1. The first-order valence-electron chi connectivity index (χ1n) is 6.22. The molecule has 0 radical (unpaired) electrons. The second-order valence-corrected chi connectivity index (χ2v) is 5.04. The molecule has 0 aromatic heterocycles. The summed E-state index contributed by atoms with van der Waals surface area (Å²) in [5.41, 5.74) is 1.93. The SMILES string of the molecule is CC(F)(F)Cc1cccc(C2CCCNC2)c1. The molecule has 2 rings (SSSR count). The van der Waals surface area contributed by atoms with E-state index >= 15 is 0 Å². The van der Waals surface area contributed by atoms with Crippen molar-refractivity contribution in [3.8, 4) is 0 Å². The van der Waals surface area contributed by atoms with Crippen LogP contribution in [0.2, 0.25) is 0 Å². The van der Waals surface area contributed by atoms with Crippen molar-refractivity contribution >= 4 is 0 Å². The van der Waals surface area contributed by atoms with Gasteiger partial charge in [0, 0.05) is 13.0 Å². The van der Waals surface area contributed by atoms with Crippen LogP contribution in [0.4, 0.5) is 8.78 Å². The standard InChI is InChI=1S/C14H19F2N/c1-14(15,16)9-11-4-2-5-12(8-11)13-6-3-7-17-10-13/h2,4-5,8,13,17H,3,6-7,9-10H2,1H3. The summed E-state index contributed by atoms with van der Waals surface area (Å²) in [6, 6.07) is 7.67. The van der Waals surface area contributed by atoms with E-state index in [0.29, 0.717) is 5.92 Å². The largest absolute Gasteiger partial charge is 0.316 e. The normalized spacial score (nSPS) is 21.5. The van der Waals surface area contributed by atoms with Crippen molar-refractivity contribution in [3.63, 3.8) is 0 Å². The van der Waals surface area contributed by atoms with Crippen molar-refractivity contribution < 1.29 is 8.78 Å². The third-order valence-corrected chi connectivity index (χ3v) is 3.23. The van der Waals surface area contributed by atoms with Gasteiger partial charge in [0.2, 0.25) is 5.92 Å². The zero-order valence-corrected chi connectivity index (χ0v) is 10.2. The first kappa shape index (κ1) is 12.5. The van der Waals surface area contributed by atoms with E-state index in [1.54, 1.807) is 6.07 Å². The van der Waals surface area contributed by atoms with Crippen LogP contribution in [-0.4, -0.2) is 19.0 Å². The molecule has 0 spiro atoms. The number of nitrogens with one attached hydrogen (secondary N) is 1. The Hall–Kier alpha value is -0.960. The van der Waals surface area contributed by atoms with Crippen molar-refractivity contribution in [1.82, 2.24) is 5.32 Å². The highest BCUT2D eigenvalue weighted by atomic mass is 19.3. The molecule has 1 atom stereocenters. The molecule has 1 N–H and O–H groups in total. The fourth-order valence-electron chi connectivity index (χ4n) is 2.45. The minimum absolute atomic E-state index is 0.166. The van der Waals surface area contributed by atoms with Crippen LogP contribution in [0, 0.1) is 0 Å². The van der Waals surface area contributed by atoms with E-state index in [0.717, 1.165) is 32.0 Å². The van der Waals surface area contributed by atoms with Gasteiger partial charge in [0.05, 0.1) is 0 Å². The Bertz CT molecular complexity index is 365. The van der Waals surface area contributed by atoms with Crippen LogP contribution in [0.3, 0.4) is 0 Å². The Morgan fingerprint density at radius 3 is 2.88 bits per heavy atom. The van der Waals surface area contributed by atoms with E-state index in [2.05, 4.69) is 11.4 Å². The van der Waals surface area contributed by atoms with Gasteiger partial charge in [-0.2, -0.15) is 0 Å². The molecule has 1 saturated heterocycles. The zero-order chi connectivity index (χ0) is 12.3. The molecule has 17 heavy (non-hydrogen) atoms. The Morgan fingerprint density at radius 1 is 1.41 bits per heavy atom. The lowest BCUT2D eigenvalue weighted by molar-refractivity contribution is 0.0226. The summed E-state index contributed by atoms with van der Waals surface area (Å²) in [7, 11) is 0. The van der Waals surface area contributed by atoms with Gasteiger partial charge in [0.25, 0.3) is 0 Å². The van der Waals surface area contributed by atoms with Gasteiger partial charge in [-0.05, 0) is 43.4 Å². The van der Waals surface area contributed by atoms with Crippen LogP contribution in [0.15, 0.2) is 24.3 Å². The van der Waals surface area contributed by atoms with Crippen LogP contribution in [0.25, 0.3) is 0 Å². The van der Waals surface area contributed by atoms with E-state index in [4.69, 9.17) is 0 Å². The lowest BCUT2D eigenvalue weighted by Gasteiger charge is -2.23. The lowest BCUT2D eigenvalue weighted by atomic mass is 9.90. The third-order valence-electron chi connectivity index (χ3n) is 3.23. The Morgan fingerprint density at radius 2 is 2.24 bits per heavy atom. The van der Waals surface area contributed by atoms with Gasteiger partial charge in [-0.25, -0.2) is 8.78 Å². The van der Waals surface area contributed by atoms with Crippen molar-refractivity contribution in [1.29, 1.82) is 0 Å². The molecule has 3 heteroatoms. The highest BCUT2D eigenvalue weighted by Gasteiger charge is 2.22. The average molecular weight is 239 g/mol. The van der Waals surface area contributed by atoms with Crippen molar-refractivity contribution in [2.75, 3.05) is 13.1 Å². The van der Waals surface area contributed by atoms with Crippen LogP contribution in [-0.2, 0) is 6.42 Å². The highest BCUT2D eigenvalue weighted by molar-refractivity contribution is 5.27. The number of hydrogen-bond acceptors (Lipinski definition) is 1. The van der Waals surface area contributed by atoms with Gasteiger partial charge in [-0.3, -0.25) is 0 Å². The summed E-state index contributed by atoms with van der Waals surface area (Å²) in [6.45, 7) is 3.01. The minimum Gasteiger partial charge on any atom is -0.316 e. The maximum Gasteiger partial charge on any atom is 0.249 e. The van der Waals surface area contributed by atoms with Crippen LogP contribution in [0.1, 0.15) is 36.8 Å². The van der Waals surface area contributed by atoms with Crippen LogP contribution >= 0.6 is 0 Å². The minimum atomic E-state index is -2.62. The van der Waals surface area contributed by atoms with Gasteiger partial charge < -0.3 is 5.32 Å². The van der Waals surface area contributed by atoms with Crippen molar-refractivity contribution in [3.05, 3.63) is 35.4 Å². The number of piperidine rings is 1. The third kappa shape index (κ3) is 3.77. The topological polar surface area (TPSA) is 12.0 Å². The molecular weight excluding hydrogens is 220 g/mol. The second-order valence-electron chi connectivity index (χ2n) is 5.04. The Kier molecular flexibility index (Phi) is 3.77. The van der Waals surface area contributed by atoms with E-state index in [1.807, 2.05) is 12.1 Å². The summed E-state index contributed by atoms with van der Waals surface area (Å²) in [5, 5.41) is 3.35. The first-order chi connectivity index (χ1) is 8.04. The molecule has 0 amide bonds. The highest BCUT2D eigenvalue weighted by Crippen LogP contribution is 2.26. The van der Waals surface area contributed by atoms with Gasteiger partial charge in [0.15, 0.2) is 0 Å². The Balaban J connectivity index is 2.10. The monoisotopic (exact) mass is 239 g/mol.